The van der Waals surface area contributed by atoms with Gasteiger partial charge >= 0.3 is 12.0 Å². The van der Waals surface area contributed by atoms with Gasteiger partial charge in [0.1, 0.15) is 10.6 Å². The van der Waals surface area contributed by atoms with Gasteiger partial charge in [-0.15, -0.1) is 11.3 Å². The molecule has 1 aliphatic rings. The number of ether oxygens (including phenoxy) is 2. The first-order valence-electron chi connectivity index (χ1n) is 9.76. The Morgan fingerprint density at radius 3 is 2.62 bits per heavy atom. The third-order valence-corrected chi connectivity index (χ3v) is 6.89. The van der Waals surface area contributed by atoms with Gasteiger partial charge in [-0.3, -0.25) is 10.1 Å². The van der Waals surface area contributed by atoms with Crippen LogP contribution in [0.1, 0.15) is 28.1 Å². The second-order valence-corrected chi connectivity index (χ2v) is 9.69. The number of imide groups is 1. The maximum absolute atomic E-state index is 12.5. The first-order chi connectivity index (χ1) is 15.3. The Balaban J connectivity index is 1.50. The molecule has 3 rings (SSSR count). The molecule has 1 aromatic heterocycles. The second kappa shape index (κ2) is 10.6. The molecule has 0 unspecified atom stereocenters. The van der Waals surface area contributed by atoms with Gasteiger partial charge in [0.25, 0.3) is 5.91 Å². The standard InChI is InChI=1S/C20H23N3O7S2/c1-29-16-7-4-13(11-17(16)32(27,28)23-14-5-6-14)19(25)30-12-18(24)22-20(26)21-9-8-15-3-2-10-31-15/h2-4,7,10-11,14,23H,5-6,8-9,12H2,1H3,(H2,21,22,24,26). The Morgan fingerprint density at radius 2 is 1.97 bits per heavy atom. The van der Waals surface area contributed by atoms with Crippen LogP contribution in [-0.4, -0.2) is 52.6 Å². The summed E-state index contributed by atoms with van der Waals surface area (Å²) in [5.74, 6) is -1.65. The molecule has 1 heterocycles. The molecule has 2 aromatic rings. The number of carbonyl (C=O) groups excluding carboxylic acids is 3. The van der Waals surface area contributed by atoms with E-state index in [4.69, 9.17) is 9.47 Å². The Kier molecular flexibility index (Phi) is 7.83. The molecule has 10 nitrogen and oxygen atoms in total. The minimum atomic E-state index is -3.88. The van der Waals surface area contributed by atoms with Crippen LogP contribution in [0.3, 0.4) is 0 Å². The van der Waals surface area contributed by atoms with Gasteiger partial charge in [0.15, 0.2) is 6.61 Å². The van der Waals surface area contributed by atoms with Crippen LogP contribution >= 0.6 is 11.3 Å². The molecule has 3 N–H and O–H groups in total. The Bertz CT molecular complexity index is 1080. The van der Waals surface area contributed by atoms with Gasteiger partial charge in [0, 0.05) is 17.5 Å². The van der Waals surface area contributed by atoms with E-state index < -0.39 is 34.5 Å². The number of rotatable bonds is 10. The maximum Gasteiger partial charge on any atom is 0.338 e. The molecule has 1 aliphatic carbocycles. The highest BCUT2D eigenvalue weighted by molar-refractivity contribution is 7.89. The summed E-state index contributed by atoms with van der Waals surface area (Å²) in [6.07, 6.45) is 2.13. The SMILES string of the molecule is COc1ccc(C(=O)OCC(=O)NC(=O)NCCc2cccs2)cc1S(=O)(=O)NC1CC1. The lowest BCUT2D eigenvalue weighted by atomic mass is 10.2. The van der Waals surface area contributed by atoms with E-state index in [1.807, 2.05) is 17.5 Å². The molecule has 1 fully saturated rings. The van der Waals surface area contributed by atoms with E-state index in [2.05, 4.69) is 15.4 Å². The van der Waals surface area contributed by atoms with Crippen molar-refractivity contribution in [3.8, 4) is 5.75 Å². The Morgan fingerprint density at radius 1 is 1.19 bits per heavy atom. The zero-order valence-corrected chi connectivity index (χ0v) is 18.9. The third-order valence-electron chi connectivity index (χ3n) is 4.41. The van der Waals surface area contributed by atoms with Crippen molar-refractivity contribution < 1.29 is 32.3 Å². The van der Waals surface area contributed by atoms with Crippen LogP contribution in [0.15, 0.2) is 40.6 Å². The summed E-state index contributed by atoms with van der Waals surface area (Å²) in [5.41, 5.74) is -0.0739. The van der Waals surface area contributed by atoms with E-state index in [9.17, 15) is 22.8 Å². The Hall–Kier alpha value is -2.96. The zero-order valence-electron chi connectivity index (χ0n) is 17.3. The average Bonchev–Trinajstić information content (AvgIpc) is 3.40. The largest absolute Gasteiger partial charge is 0.495 e. The van der Waals surface area contributed by atoms with Gasteiger partial charge in [0.05, 0.1) is 12.7 Å². The van der Waals surface area contributed by atoms with Crippen LogP contribution in [0, 0.1) is 0 Å². The third kappa shape index (κ3) is 6.77. The normalized spacial score (nSPS) is 13.3. The number of methoxy groups -OCH3 is 1. The number of amides is 3. The summed E-state index contributed by atoms with van der Waals surface area (Å²) in [7, 11) is -2.56. The molecular formula is C20H23N3O7S2. The summed E-state index contributed by atoms with van der Waals surface area (Å²) < 4.78 is 37.6. The number of sulfonamides is 1. The zero-order chi connectivity index (χ0) is 23.1. The fourth-order valence-electron chi connectivity index (χ4n) is 2.67. The Labute approximate surface area is 189 Å². The molecule has 0 saturated heterocycles. The number of hydrogen-bond acceptors (Lipinski definition) is 8. The lowest BCUT2D eigenvalue weighted by Crippen LogP contribution is -2.42. The minimum Gasteiger partial charge on any atom is -0.495 e. The molecule has 1 aromatic carbocycles. The quantitative estimate of drug-likeness (QED) is 0.436. The molecular weight excluding hydrogens is 458 g/mol. The summed E-state index contributed by atoms with van der Waals surface area (Å²) in [4.78, 5) is 36.8. The van der Waals surface area contributed by atoms with Gasteiger partial charge < -0.3 is 14.8 Å². The summed E-state index contributed by atoms with van der Waals surface area (Å²) >= 11 is 1.56. The van der Waals surface area contributed by atoms with Gasteiger partial charge in [-0.2, -0.15) is 0 Å². The van der Waals surface area contributed by atoms with Crippen molar-refractivity contribution >= 4 is 39.3 Å². The van der Waals surface area contributed by atoms with Crippen LogP contribution in [0.2, 0.25) is 0 Å². The maximum atomic E-state index is 12.5. The van der Waals surface area contributed by atoms with Crippen LogP contribution in [0.25, 0.3) is 0 Å². The van der Waals surface area contributed by atoms with Crippen molar-refractivity contribution in [2.75, 3.05) is 20.3 Å². The van der Waals surface area contributed by atoms with Crippen molar-refractivity contribution in [1.82, 2.24) is 15.4 Å². The second-order valence-electron chi connectivity index (χ2n) is 6.97. The van der Waals surface area contributed by atoms with Gasteiger partial charge in [0.2, 0.25) is 10.0 Å². The van der Waals surface area contributed by atoms with Crippen molar-refractivity contribution in [2.45, 2.75) is 30.2 Å². The van der Waals surface area contributed by atoms with Crippen molar-refractivity contribution in [3.63, 3.8) is 0 Å². The van der Waals surface area contributed by atoms with E-state index in [0.29, 0.717) is 13.0 Å². The molecule has 0 atom stereocenters. The number of thiophene rings is 1. The minimum absolute atomic E-state index is 0.0739. The van der Waals surface area contributed by atoms with Gasteiger partial charge in [-0.05, 0) is 48.9 Å². The van der Waals surface area contributed by atoms with Gasteiger partial charge in [-0.25, -0.2) is 22.7 Å². The molecule has 1 saturated carbocycles. The number of nitrogens with one attached hydrogen (secondary N) is 3. The fourth-order valence-corrected chi connectivity index (χ4v) is 4.88. The van der Waals surface area contributed by atoms with Crippen molar-refractivity contribution in [2.24, 2.45) is 0 Å². The number of esters is 1. The average molecular weight is 482 g/mol. The predicted octanol–water partition coefficient (Wildman–Crippen LogP) is 1.42. The number of carbonyl (C=O) groups is 3. The molecule has 12 heteroatoms. The van der Waals surface area contributed by atoms with E-state index >= 15 is 0 Å². The van der Waals surface area contributed by atoms with Crippen LogP contribution < -0.4 is 20.1 Å². The molecule has 0 bridgehead atoms. The number of urea groups is 1. The van der Waals surface area contributed by atoms with Crippen LogP contribution in [-0.2, 0) is 26.0 Å². The van der Waals surface area contributed by atoms with E-state index in [-0.39, 0.29) is 22.3 Å². The van der Waals surface area contributed by atoms with Crippen LogP contribution in [0.4, 0.5) is 4.79 Å². The van der Waals surface area contributed by atoms with Gasteiger partial charge in [-0.1, -0.05) is 6.07 Å². The monoisotopic (exact) mass is 481 g/mol. The first kappa shape index (κ1) is 23.7. The van der Waals surface area contributed by atoms with Crippen molar-refractivity contribution in [3.05, 3.63) is 46.2 Å². The highest BCUT2D eigenvalue weighted by Gasteiger charge is 2.30. The van der Waals surface area contributed by atoms with E-state index in [1.54, 1.807) is 11.3 Å². The van der Waals surface area contributed by atoms with E-state index in [0.717, 1.165) is 23.8 Å². The first-order valence-corrected chi connectivity index (χ1v) is 12.1. The summed E-state index contributed by atoms with van der Waals surface area (Å²) in [6.45, 7) is -0.358. The van der Waals surface area contributed by atoms with Crippen molar-refractivity contribution in [1.29, 1.82) is 0 Å². The highest BCUT2D eigenvalue weighted by Crippen LogP contribution is 2.28. The molecule has 172 valence electrons. The summed E-state index contributed by atoms with van der Waals surface area (Å²) in [6, 6.07) is 6.80. The molecule has 0 spiro atoms. The smallest absolute Gasteiger partial charge is 0.338 e. The number of hydrogen-bond donors (Lipinski definition) is 3. The molecule has 3 amide bonds. The molecule has 0 aliphatic heterocycles. The predicted molar refractivity (Wildman–Crippen MR) is 116 cm³/mol. The lowest BCUT2D eigenvalue weighted by Gasteiger charge is -2.12. The summed E-state index contributed by atoms with van der Waals surface area (Å²) in [5, 5.41) is 6.53. The number of benzene rings is 1. The fraction of sp³-hybridized carbons (Fsp3) is 0.350. The van der Waals surface area contributed by atoms with Crippen LogP contribution in [0.5, 0.6) is 5.75 Å². The molecule has 32 heavy (non-hydrogen) atoms. The lowest BCUT2D eigenvalue weighted by molar-refractivity contribution is -0.123. The topological polar surface area (TPSA) is 140 Å². The van der Waals surface area contributed by atoms with E-state index in [1.165, 1.54) is 19.2 Å². The molecule has 0 radical (unpaired) electrons. The highest BCUT2D eigenvalue weighted by atomic mass is 32.2.